The fourth-order valence-electron chi connectivity index (χ4n) is 1.48. The molecule has 0 fully saturated rings. The van der Waals surface area contributed by atoms with Crippen LogP contribution < -0.4 is 5.32 Å². The molecule has 0 bridgehead atoms. The van der Waals surface area contributed by atoms with Crippen molar-refractivity contribution in [2.45, 2.75) is 20.0 Å². The summed E-state index contributed by atoms with van der Waals surface area (Å²) in [7, 11) is 0. The lowest BCUT2D eigenvalue weighted by Gasteiger charge is -2.03. The molecule has 22 heavy (non-hydrogen) atoms. The van der Waals surface area contributed by atoms with E-state index in [1.807, 2.05) is 12.1 Å². The zero-order valence-electron chi connectivity index (χ0n) is 11.9. The molecule has 1 aromatic heterocycles. The average Bonchev–Trinajstić information content (AvgIpc) is 2.87. The highest BCUT2D eigenvalue weighted by Gasteiger charge is 2.04. The van der Waals surface area contributed by atoms with E-state index in [0.717, 1.165) is 23.5 Å². The third-order valence-corrected chi connectivity index (χ3v) is 2.99. The van der Waals surface area contributed by atoms with E-state index < -0.39 is 11.9 Å². The molecule has 0 amide bonds. The quantitative estimate of drug-likeness (QED) is 0.716. The number of hydrogen-bond acceptors (Lipinski definition) is 4. The van der Waals surface area contributed by atoms with Crippen LogP contribution in [0.25, 0.3) is 0 Å². The number of carboxylic acids is 2. The van der Waals surface area contributed by atoms with Crippen molar-refractivity contribution >= 4 is 27.9 Å². The largest absolute Gasteiger partial charge is 0.473 e. The Kier molecular flexibility index (Phi) is 7.34. The molecule has 2 aromatic rings. The summed E-state index contributed by atoms with van der Waals surface area (Å²) < 4.78 is 6.17. The van der Waals surface area contributed by atoms with Crippen molar-refractivity contribution in [3.05, 3.63) is 58.0 Å². The van der Waals surface area contributed by atoms with E-state index >= 15 is 0 Å². The van der Waals surface area contributed by atoms with Gasteiger partial charge >= 0.3 is 11.9 Å². The van der Waals surface area contributed by atoms with Gasteiger partial charge in [-0.2, -0.15) is 0 Å². The standard InChI is InChI=1S/C13H14BrNO.C2H2O4/c1-10-2-4-11(5-3-10)8-15-9-12-6-7-13(14)16-12;3-1(4)2(5)6/h2-7,15H,8-9H2,1H3;(H,3,4)(H,5,6). The molecule has 0 atom stereocenters. The Morgan fingerprint density at radius 1 is 1.05 bits per heavy atom. The molecule has 3 N–H and O–H groups in total. The van der Waals surface area contributed by atoms with E-state index in [1.54, 1.807) is 0 Å². The topological polar surface area (TPSA) is 99.8 Å². The third-order valence-electron chi connectivity index (χ3n) is 2.56. The monoisotopic (exact) mass is 369 g/mol. The lowest BCUT2D eigenvalue weighted by molar-refractivity contribution is -0.159. The predicted molar refractivity (Wildman–Crippen MR) is 83.4 cm³/mol. The van der Waals surface area contributed by atoms with Gasteiger partial charge < -0.3 is 19.9 Å². The van der Waals surface area contributed by atoms with Crippen LogP contribution in [-0.2, 0) is 22.7 Å². The number of nitrogens with one attached hydrogen (secondary N) is 1. The Labute approximate surface area is 135 Å². The number of halogens is 1. The summed E-state index contributed by atoms with van der Waals surface area (Å²) in [6, 6.07) is 12.4. The van der Waals surface area contributed by atoms with Gasteiger partial charge in [0.1, 0.15) is 5.76 Å². The van der Waals surface area contributed by atoms with Gasteiger partial charge in [-0.05, 0) is 40.5 Å². The molecule has 0 spiro atoms. The first-order valence-electron chi connectivity index (χ1n) is 6.35. The van der Waals surface area contributed by atoms with Crippen LogP contribution in [0.1, 0.15) is 16.9 Å². The lowest BCUT2D eigenvalue weighted by atomic mass is 10.1. The van der Waals surface area contributed by atoms with Crippen LogP contribution in [0.5, 0.6) is 0 Å². The Morgan fingerprint density at radius 3 is 2.09 bits per heavy atom. The van der Waals surface area contributed by atoms with Gasteiger partial charge in [0.2, 0.25) is 0 Å². The van der Waals surface area contributed by atoms with Gasteiger partial charge in [-0.3, -0.25) is 0 Å². The van der Waals surface area contributed by atoms with E-state index in [1.165, 1.54) is 11.1 Å². The summed E-state index contributed by atoms with van der Waals surface area (Å²) >= 11 is 3.28. The molecule has 1 heterocycles. The van der Waals surface area contributed by atoms with Crippen molar-refractivity contribution in [2.24, 2.45) is 0 Å². The zero-order chi connectivity index (χ0) is 16.5. The van der Waals surface area contributed by atoms with Gasteiger partial charge in [-0.25, -0.2) is 9.59 Å². The Hall–Kier alpha value is -2.12. The average molecular weight is 370 g/mol. The minimum Gasteiger partial charge on any atom is -0.473 e. The highest BCUT2D eigenvalue weighted by molar-refractivity contribution is 9.10. The van der Waals surface area contributed by atoms with Crippen LogP contribution >= 0.6 is 15.9 Å². The molecule has 0 aliphatic heterocycles. The molecule has 0 aliphatic rings. The fraction of sp³-hybridized carbons (Fsp3) is 0.200. The molecule has 6 nitrogen and oxygen atoms in total. The van der Waals surface area contributed by atoms with Crippen molar-refractivity contribution in [3.8, 4) is 0 Å². The molecule has 0 unspecified atom stereocenters. The third kappa shape index (κ3) is 7.05. The number of hydrogen-bond donors (Lipinski definition) is 3. The van der Waals surface area contributed by atoms with Gasteiger partial charge in [0.05, 0.1) is 6.54 Å². The smallest absolute Gasteiger partial charge is 0.414 e. The number of carbonyl (C=O) groups is 2. The molecular formula is C15H16BrNO5. The van der Waals surface area contributed by atoms with Crippen LogP contribution in [-0.4, -0.2) is 22.2 Å². The molecule has 2 rings (SSSR count). The van der Waals surface area contributed by atoms with Crippen molar-refractivity contribution in [1.82, 2.24) is 5.32 Å². The summed E-state index contributed by atoms with van der Waals surface area (Å²) in [6.07, 6.45) is 0. The van der Waals surface area contributed by atoms with Crippen LogP contribution in [0.2, 0.25) is 0 Å². The second-order valence-corrected chi connectivity index (χ2v) is 5.19. The minimum absolute atomic E-state index is 0.749. The Bertz CT molecular complexity index is 609. The van der Waals surface area contributed by atoms with Crippen molar-refractivity contribution < 1.29 is 24.2 Å². The first-order chi connectivity index (χ1) is 10.4. The lowest BCUT2D eigenvalue weighted by Crippen LogP contribution is -2.11. The van der Waals surface area contributed by atoms with Crippen molar-refractivity contribution in [1.29, 1.82) is 0 Å². The molecule has 1 aromatic carbocycles. The number of benzene rings is 1. The summed E-state index contributed by atoms with van der Waals surface area (Å²) in [4.78, 5) is 18.2. The van der Waals surface area contributed by atoms with Gasteiger partial charge in [-0.1, -0.05) is 29.8 Å². The molecule has 118 valence electrons. The molecule has 0 radical (unpaired) electrons. The highest BCUT2D eigenvalue weighted by Crippen LogP contribution is 2.13. The maximum atomic E-state index is 9.10. The van der Waals surface area contributed by atoms with Gasteiger partial charge in [0.25, 0.3) is 0 Å². The predicted octanol–water partition coefficient (Wildman–Crippen LogP) is 2.80. The Balaban J connectivity index is 0.000000346. The number of carboxylic acid groups (broad SMARTS) is 2. The molecule has 7 heteroatoms. The van der Waals surface area contributed by atoms with E-state index in [-0.39, 0.29) is 0 Å². The van der Waals surface area contributed by atoms with E-state index in [4.69, 9.17) is 24.2 Å². The zero-order valence-corrected chi connectivity index (χ0v) is 13.5. The maximum absolute atomic E-state index is 9.10. The number of rotatable bonds is 4. The van der Waals surface area contributed by atoms with E-state index in [9.17, 15) is 0 Å². The summed E-state index contributed by atoms with van der Waals surface area (Å²) in [5, 5.41) is 18.1. The van der Waals surface area contributed by atoms with Gasteiger partial charge in [-0.15, -0.1) is 0 Å². The second-order valence-electron chi connectivity index (χ2n) is 4.41. The Morgan fingerprint density at radius 2 is 1.64 bits per heavy atom. The fourth-order valence-corrected chi connectivity index (χ4v) is 1.82. The molecule has 0 aliphatic carbocycles. The summed E-state index contributed by atoms with van der Waals surface area (Å²) in [5.41, 5.74) is 2.58. The molecule has 0 saturated carbocycles. The molecule has 0 saturated heterocycles. The van der Waals surface area contributed by atoms with Crippen LogP contribution in [0, 0.1) is 6.92 Å². The summed E-state index contributed by atoms with van der Waals surface area (Å²) in [5.74, 6) is -2.70. The van der Waals surface area contributed by atoms with Crippen LogP contribution in [0.4, 0.5) is 0 Å². The summed E-state index contributed by atoms with van der Waals surface area (Å²) in [6.45, 7) is 3.70. The van der Waals surface area contributed by atoms with Crippen molar-refractivity contribution in [3.63, 3.8) is 0 Å². The normalized spacial score (nSPS) is 9.73. The van der Waals surface area contributed by atoms with Crippen LogP contribution in [0.15, 0.2) is 45.5 Å². The van der Waals surface area contributed by atoms with Gasteiger partial charge in [0.15, 0.2) is 4.67 Å². The highest BCUT2D eigenvalue weighted by atomic mass is 79.9. The van der Waals surface area contributed by atoms with Crippen molar-refractivity contribution in [2.75, 3.05) is 0 Å². The maximum Gasteiger partial charge on any atom is 0.414 e. The first kappa shape index (κ1) is 17.9. The minimum atomic E-state index is -1.82. The SMILES string of the molecule is Cc1ccc(CNCc2ccc(Br)o2)cc1.O=C(O)C(=O)O. The van der Waals surface area contributed by atoms with E-state index in [2.05, 4.69) is 52.4 Å². The van der Waals surface area contributed by atoms with Crippen LogP contribution in [0.3, 0.4) is 0 Å². The number of aliphatic carboxylic acids is 2. The van der Waals surface area contributed by atoms with Gasteiger partial charge in [0, 0.05) is 6.54 Å². The number of aryl methyl sites for hydroxylation is 1. The second kappa shape index (κ2) is 9.01. The molecular weight excluding hydrogens is 354 g/mol. The number of furan rings is 1. The van der Waals surface area contributed by atoms with E-state index in [0.29, 0.717) is 0 Å². The first-order valence-corrected chi connectivity index (χ1v) is 7.14.